The Morgan fingerprint density at radius 1 is 0.710 bits per heavy atom. The maximum absolute atomic E-state index is 3.01. The minimum Gasteiger partial charge on any atom is -0.369 e. The molecule has 1 aromatic rings. The Hall–Kier alpha value is -0.850. The molecule has 3 fully saturated rings. The van der Waals surface area contributed by atoms with Crippen molar-refractivity contribution in [2.75, 3.05) is 31.1 Å². The Balaban J connectivity index is 1.37. The fraction of sp³-hybridized carbons (Fsp3) is 0.714. The van der Waals surface area contributed by atoms with E-state index in [4.69, 9.17) is 0 Å². The summed E-state index contributed by atoms with van der Waals surface area (Å²) in [6.07, 6.45) is 23.1. The van der Waals surface area contributed by atoms with Crippen molar-refractivity contribution in [1.29, 1.82) is 0 Å². The fourth-order valence-electron chi connectivity index (χ4n) is 6.96. The Kier molecular flexibility index (Phi) is 7.69. The highest BCUT2D eigenvalue weighted by Crippen LogP contribution is 2.62. The first kappa shape index (κ1) is 22.0. The number of anilines is 1. The van der Waals surface area contributed by atoms with Crippen molar-refractivity contribution in [1.82, 2.24) is 4.90 Å². The van der Waals surface area contributed by atoms with E-state index in [9.17, 15) is 0 Å². The third-order valence-electron chi connectivity index (χ3n) is 8.54. The molecule has 0 radical (unpaired) electrons. The summed E-state index contributed by atoms with van der Waals surface area (Å²) < 4.78 is 0. The monoisotopic (exact) mass is 438 g/mol. The lowest BCUT2D eigenvalue weighted by Crippen LogP contribution is -2.53. The van der Waals surface area contributed by atoms with Gasteiger partial charge in [-0.1, -0.05) is 76.8 Å². The van der Waals surface area contributed by atoms with Crippen molar-refractivity contribution >= 4 is 13.6 Å². The van der Waals surface area contributed by atoms with E-state index in [1.54, 1.807) is 25.7 Å². The summed E-state index contributed by atoms with van der Waals surface area (Å²) in [5.41, 5.74) is 3.53. The number of allylic oxidation sites excluding steroid dienone is 1. The Bertz CT molecular complexity index is 666. The van der Waals surface area contributed by atoms with Gasteiger partial charge in [0.15, 0.2) is 0 Å². The van der Waals surface area contributed by atoms with Crippen molar-refractivity contribution in [3.05, 3.63) is 42.5 Å². The minimum atomic E-state index is 0.0933. The quantitative estimate of drug-likeness (QED) is 0.341. The van der Waals surface area contributed by atoms with E-state index in [0.29, 0.717) is 0 Å². The third kappa shape index (κ3) is 5.22. The average Bonchev–Trinajstić information content (AvgIpc) is 3.39. The van der Waals surface area contributed by atoms with Crippen LogP contribution in [0, 0.1) is 5.92 Å². The van der Waals surface area contributed by atoms with Crippen LogP contribution in [0.2, 0.25) is 0 Å². The van der Waals surface area contributed by atoms with E-state index in [0.717, 1.165) is 23.0 Å². The standard InChI is InChI=1S/C28H43N2P/c1-4-14-25(15-5-1)29-20-22-30(23-21-29)28(24-12-10-11-13-24)31(26-16-6-2-7-17-26)27-18-8-3-9-19-27/h1,4-5,10,12,14-15,24,26-28H,2-3,6-9,11,13,16-23H2/t24-,28?/m0/s1. The van der Waals surface area contributed by atoms with Crippen LogP contribution in [0.1, 0.15) is 77.0 Å². The van der Waals surface area contributed by atoms with Gasteiger partial charge in [-0.05, 0) is 67.9 Å². The molecule has 0 spiro atoms. The van der Waals surface area contributed by atoms with Gasteiger partial charge in [-0.15, -0.1) is 0 Å². The third-order valence-corrected chi connectivity index (χ3v) is 12.6. The van der Waals surface area contributed by atoms with Crippen molar-refractivity contribution in [3.63, 3.8) is 0 Å². The molecule has 5 rings (SSSR count). The number of rotatable bonds is 6. The highest BCUT2D eigenvalue weighted by molar-refractivity contribution is 7.59. The summed E-state index contributed by atoms with van der Waals surface area (Å²) in [4.78, 5) is 5.64. The van der Waals surface area contributed by atoms with Crippen molar-refractivity contribution < 1.29 is 0 Å². The topological polar surface area (TPSA) is 6.48 Å². The molecule has 170 valence electrons. The van der Waals surface area contributed by atoms with Gasteiger partial charge in [0.05, 0.1) is 0 Å². The number of hydrogen-bond donors (Lipinski definition) is 0. The predicted molar refractivity (Wildman–Crippen MR) is 137 cm³/mol. The van der Waals surface area contributed by atoms with Gasteiger partial charge in [0.1, 0.15) is 0 Å². The second kappa shape index (κ2) is 10.8. The first-order chi connectivity index (χ1) is 15.4. The van der Waals surface area contributed by atoms with Gasteiger partial charge in [0.2, 0.25) is 0 Å². The molecule has 1 aliphatic heterocycles. The molecule has 0 N–H and O–H groups in total. The van der Waals surface area contributed by atoms with Crippen LogP contribution in [-0.2, 0) is 0 Å². The molecule has 31 heavy (non-hydrogen) atoms. The van der Waals surface area contributed by atoms with Gasteiger partial charge < -0.3 is 4.90 Å². The van der Waals surface area contributed by atoms with Crippen LogP contribution >= 0.6 is 7.92 Å². The van der Waals surface area contributed by atoms with Gasteiger partial charge in [0, 0.05) is 37.6 Å². The van der Waals surface area contributed by atoms with Crippen LogP contribution < -0.4 is 4.90 Å². The molecule has 4 aliphatic rings. The van der Waals surface area contributed by atoms with Crippen LogP contribution in [-0.4, -0.2) is 48.2 Å². The predicted octanol–water partition coefficient (Wildman–Crippen LogP) is 7.25. The molecule has 2 saturated carbocycles. The SMILES string of the molecule is C1=C[C@H](C(N2CCN(c3ccccc3)CC2)P(C2CCCCC2)C2CCCCC2)CC1. The Morgan fingerprint density at radius 2 is 1.32 bits per heavy atom. The maximum Gasteiger partial charge on any atom is 0.0367 e. The molecule has 3 heteroatoms. The van der Waals surface area contributed by atoms with Gasteiger partial charge in [-0.25, -0.2) is 0 Å². The number of nitrogens with zero attached hydrogens (tertiary/aromatic N) is 2. The summed E-state index contributed by atoms with van der Waals surface area (Å²) in [5.74, 6) is 1.69. The molecular weight excluding hydrogens is 395 g/mol. The smallest absolute Gasteiger partial charge is 0.0367 e. The van der Waals surface area contributed by atoms with Crippen LogP contribution in [0.15, 0.2) is 42.5 Å². The molecule has 1 saturated heterocycles. The molecule has 3 aliphatic carbocycles. The normalized spacial score (nSPS) is 27.8. The summed E-state index contributed by atoms with van der Waals surface area (Å²) in [5, 5.41) is 0. The summed E-state index contributed by atoms with van der Waals surface area (Å²) in [6.45, 7) is 4.94. The molecule has 1 aromatic carbocycles. The molecule has 2 atom stereocenters. The van der Waals surface area contributed by atoms with Crippen molar-refractivity contribution in [2.24, 2.45) is 5.92 Å². The first-order valence-corrected chi connectivity index (χ1v) is 14.9. The van der Waals surface area contributed by atoms with Crippen molar-refractivity contribution in [3.8, 4) is 0 Å². The molecule has 0 amide bonds. The zero-order valence-corrected chi connectivity index (χ0v) is 20.4. The number of benzene rings is 1. The lowest BCUT2D eigenvalue weighted by molar-refractivity contribution is 0.202. The van der Waals surface area contributed by atoms with E-state index in [1.165, 1.54) is 83.2 Å². The minimum absolute atomic E-state index is 0.0933. The zero-order valence-electron chi connectivity index (χ0n) is 19.5. The van der Waals surface area contributed by atoms with E-state index in [1.807, 2.05) is 0 Å². The summed E-state index contributed by atoms with van der Waals surface area (Å²) in [7, 11) is 0.0933. The molecule has 1 unspecified atom stereocenters. The second-order valence-electron chi connectivity index (χ2n) is 10.5. The largest absolute Gasteiger partial charge is 0.369 e. The molecule has 2 nitrogen and oxygen atoms in total. The number of hydrogen-bond acceptors (Lipinski definition) is 2. The van der Waals surface area contributed by atoms with E-state index in [-0.39, 0.29) is 7.92 Å². The summed E-state index contributed by atoms with van der Waals surface area (Å²) in [6, 6.07) is 11.1. The average molecular weight is 439 g/mol. The van der Waals surface area contributed by atoms with E-state index < -0.39 is 0 Å². The van der Waals surface area contributed by atoms with Crippen LogP contribution in [0.3, 0.4) is 0 Å². The second-order valence-corrected chi connectivity index (χ2v) is 13.4. The fourth-order valence-corrected chi connectivity index (χ4v) is 11.6. The summed E-state index contributed by atoms with van der Waals surface area (Å²) >= 11 is 0. The lowest BCUT2D eigenvalue weighted by Gasteiger charge is -2.51. The van der Waals surface area contributed by atoms with Crippen LogP contribution in [0.5, 0.6) is 0 Å². The van der Waals surface area contributed by atoms with Crippen LogP contribution in [0.4, 0.5) is 5.69 Å². The number of para-hydroxylation sites is 1. The molecular formula is C28H43N2P. The van der Waals surface area contributed by atoms with Crippen molar-refractivity contribution in [2.45, 2.75) is 94.2 Å². The van der Waals surface area contributed by atoms with E-state index in [2.05, 4.69) is 52.3 Å². The molecule has 0 bridgehead atoms. The maximum atomic E-state index is 3.01. The van der Waals surface area contributed by atoms with E-state index >= 15 is 0 Å². The van der Waals surface area contributed by atoms with Gasteiger partial charge in [-0.2, -0.15) is 0 Å². The Morgan fingerprint density at radius 3 is 1.87 bits per heavy atom. The first-order valence-electron chi connectivity index (χ1n) is 13.4. The van der Waals surface area contributed by atoms with Gasteiger partial charge in [0.25, 0.3) is 0 Å². The number of piperazine rings is 1. The van der Waals surface area contributed by atoms with Gasteiger partial charge in [-0.3, -0.25) is 4.90 Å². The van der Waals surface area contributed by atoms with Gasteiger partial charge >= 0.3 is 0 Å². The molecule has 0 aromatic heterocycles. The lowest BCUT2D eigenvalue weighted by atomic mass is 9.99. The highest BCUT2D eigenvalue weighted by atomic mass is 31.1. The zero-order chi connectivity index (χ0) is 20.9. The Labute approximate surface area is 192 Å². The molecule has 1 heterocycles. The highest BCUT2D eigenvalue weighted by Gasteiger charge is 2.42. The van der Waals surface area contributed by atoms with Crippen LogP contribution in [0.25, 0.3) is 0 Å².